The van der Waals surface area contributed by atoms with Crippen LogP contribution in [0, 0.1) is 12.7 Å². The number of nitrogens with one attached hydrogen (secondary N) is 2. The molecule has 0 aliphatic heterocycles. The number of hydrogen-bond acceptors (Lipinski definition) is 3. The summed E-state index contributed by atoms with van der Waals surface area (Å²) < 4.78 is 13.2. The van der Waals surface area contributed by atoms with Gasteiger partial charge in [-0.2, -0.15) is 0 Å². The van der Waals surface area contributed by atoms with Crippen molar-refractivity contribution in [3.8, 4) is 0 Å². The van der Waals surface area contributed by atoms with Gasteiger partial charge in [-0.25, -0.2) is 4.39 Å². The van der Waals surface area contributed by atoms with Gasteiger partial charge in [0.2, 0.25) is 0 Å². The molecule has 1 aromatic heterocycles. The maximum atomic E-state index is 13.2. The zero-order valence-corrected chi connectivity index (χ0v) is 15.9. The largest absolute Gasteiger partial charge is 0.347 e. The highest BCUT2D eigenvalue weighted by Crippen LogP contribution is 2.10. The molecule has 0 saturated carbocycles. The first-order valence-corrected chi connectivity index (χ1v) is 9.03. The lowest BCUT2D eigenvalue weighted by molar-refractivity contribution is -0.117. The molecule has 0 unspecified atom stereocenters. The molecule has 3 rings (SSSR count). The molecule has 0 saturated heterocycles. The van der Waals surface area contributed by atoms with Crippen molar-refractivity contribution < 1.29 is 14.0 Å². The van der Waals surface area contributed by atoms with Gasteiger partial charge >= 0.3 is 0 Å². The number of pyridine rings is 1. The van der Waals surface area contributed by atoms with Crippen LogP contribution in [0.3, 0.4) is 0 Å². The lowest BCUT2D eigenvalue weighted by atomic mass is 10.1. The van der Waals surface area contributed by atoms with Crippen LogP contribution >= 0.6 is 0 Å². The van der Waals surface area contributed by atoms with Crippen molar-refractivity contribution in [3.63, 3.8) is 0 Å². The third-order valence-corrected chi connectivity index (χ3v) is 4.16. The van der Waals surface area contributed by atoms with Gasteiger partial charge in [-0.3, -0.25) is 14.6 Å². The van der Waals surface area contributed by atoms with E-state index in [-0.39, 0.29) is 18.1 Å². The van der Waals surface area contributed by atoms with E-state index in [1.54, 1.807) is 30.6 Å². The number of carbonyl (C=O) groups excluding carboxylic acids is 2. The second kappa shape index (κ2) is 9.41. The fourth-order valence-electron chi connectivity index (χ4n) is 2.56. The van der Waals surface area contributed by atoms with Crippen LogP contribution in [0.4, 0.5) is 4.39 Å². The van der Waals surface area contributed by atoms with E-state index in [0.717, 1.165) is 11.1 Å². The molecule has 0 aliphatic carbocycles. The SMILES string of the molecule is Cc1ccc(C(=O)N/C(=C/c2ccc(F)cc2)C(=O)NCc2cccnc2)cc1. The number of nitrogens with zero attached hydrogens (tertiary/aromatic N) is 1. The summed E-state index contributed by atoms with van der Waals surface area (Å²) in [6.45, 7) is 2.18. The maximum Gasteiger partial charge on any atom is 0.268 e. The Morgan fingerprint density at radius 3 is 2.41 bits per heavy atom. The highest BCUT2D eigenvalue weighted by molar-refractivity contribution is 6.05. The number of benzene rings is 2. The predicted octanol–water partition coefficient (Wildman–Crippen LogP) is 3.62. The molecule has 0 spiro atoms. The van der Waals surface area contributed by atoms with Crippen molar-refractivity contribution in [2.75, 3.05) is 0 Å². The Hall–Kier alpha value is -3.80. The summed E-state index contributed by atoms with van der Waals surface area (Å²) >= 11 is 0. The van der Waals surface area contributed by atoms with Crippen LogP contribution < -0.4 is 10.6 Å². The number of aryl methyl sites for hydroxylation is 1. The molecule has 146 valence electrons. The van der Waals surface area contributed by atoms with Crippen LogP contribution in [-0.4, -0.2) is 16.8 Å². The second-order valence-corrected chi connectivity index (χ2v) is 6.47. The molecule has 0 aliphatic rings. The Bertz CT molecular complexity index is 1010. The highest BCUT2D eigenvalue weighted by Gasteiger charge is 2.14. The van der Waals surface area contributed by atoms with E-state index in [1.165, 1.54) is 30.3 Å². The number of hydrogen-bond donors (Lipinski definition) is 2. The summed E-state index contributed by atoms with van der Waals surface area (Å²) in [5, 5.41) is 5.41. The first kappa shape index (κ1) is 19.9. The number of aromatic nitrogens is 1. The molecule has 2 aromatic carbocycles. The van der Waals surface area contributed by atoms with Crippen LogP contribution in [0.15, 0.2) is 78.8 Å². The topological polar surface area (TPSA) is 71.1 Å². The van der Waals surface area contributed by atoms with Gasteiger partial charge in [0.05, 0.1) is 0 Å². The normalized spacial score (nSPS) is 11.0. The number of rotatable bonds is 6. The van der Waals surface area contributed by atoms with Gasteiger partial charge in [-0.15, -0.1) is 0 Å². The van der Waals surface area contributed by atoms with Crippen LogP contribution in [0.25, 0.3) is 6.08 Å². The molecule has 29 heavy (non-hydrogen) atoms. The quantitative estimate of drug-likeness (QED) is 0.633. The predicted molar refractivity (Wildman–Crippen MR) is 109 cm³/mol. The van der Waals surface area contributed by atoms with E-state index in [1.807, 2.05) is 25.1 Å². The minimum Gasteiger partial charge on any atom is -0.347 e. The van der Waals surface area contributed by atoms with Crippen molar-refractivity contribution in [3.05, 3.63) is 107 Å². The van der Waals surface area contributed by atoms with Crippen LogP contribution in [-0.2, 0) is 11.3 Å². The van der Waals surface area contributed by atoms with Crippen molar-refractivity contribution in [1.82, 2.24) is 15.6 Å². The van der Waals surface area contributed by atoms with Gasteiger partial charge < -0.3 is 10.6 Å². The lowest BCUT2D eigenvalue weighted by Gasteiger charge is -2.11. The Balaban J connectivity index is 1.80. The molecular weight excluding hydrogens is 369 g/mol. The lowest BCUT2D eigenvalue weighted by Crippen LogP contribution is -2.34. The Labute approximate surface area is 168 Å². The molecule has 0 bridgehead atoms. The Kier molecular flexibility index (Phi) is 6.47. The second-order valence-electron chi connectivity index (χ2n) is 6.47. The molecule has 2 amide bonds. The zero-order valence-electron chi connectivity index (χ0n) is 15.9. The monoisotopic (exact) mass is 389 g/mol. The molecule has 0 fully saturated rings. The number of amides is 2. The van der Waals surface area contributed by atoms with E-state index in [4.69, 9.17) is 0 Å². The number of halogens is 1. The fourth-order valence-corrected chi connectivity index (χ4v) is 2.56. The first-order chi connectivity index (χ1) is 14.0. The Morgan fingerprint density at radius 2 is 1.76 bits per heavy atom. The van der Waals surface area contributed by atoms with Crippen LogP contribution in [0.5, 0.6) is 0 Å². The van der Waals surface area contributed by atoms with E-state index < -0.39 is 11.8 Å². The smallest absolute Gasteiger partial charge is 0.268 e. The molecule has 0 atom stereocenters. The van der Waals surface area contributed by atoms with E-state index >= 15 is 0 Å². The molecule has 6 heteroatoms. The zero-order chi connectivity index (χ0) is 20.6. The molecule has 2 N–H and O–H groups in total. The molecule has 1 heterocycles. The summed E-state index contributed by atoms with van der Waals surface area (Å²) in [6, 6.07) is 16.3. The summed E-state index contributed by atoms with van der Waals surface area (Å²) in [5.74, 6) is -1.25. The van der Waals surface area contributed by atoms with Crippen molar-refractivity contribution in [2.24, 2.45) is 0 Å². The van der Waals surface area contributed by atoms with Gasteiger partial charge in [0.1, 0.15) is 11.5 Å². The summed E-state index contributed by atoms with van der Waals surface area (Å²) in [7, 11) is 0. The van der Waals surface area contributed by atoms with Gasteiger partial charge in [0.15, 0.2) is 0 Å². The van der Waals surface area contributed by atoms with Crippen molar-refractivity contribution in [1.29, 1.82) is 0 Å². The van der Waals surface area contributed by atoms with E-state index in [9.17, 15) is 14.0 Å². The van der Waals surface area contributed by atoms with Gasteiger partial charge in [0, 0.05) is 24.5 Å². The third-order valence-electron chi connectivity index (χ3n) is 4.16. The third kappa shape index (κ3) is 5.84. The van der Waals surface area contributed by atoms with E-state index in [2.05, 4.69) is 15.6 Å². The summed E-state index contributed by atoms with van der Waals surface area (Å²) in [4.78, 5) is 29.3. The summed E-state index contributed by atoms with van der Waals surface area (Å²) in [5.41, 5.74) is 2.93. The minimum absolute atomic E-state index is 0.0612. The van der Waals surface area contributed by atoms with Crippen LogP contribution in [0.1, 0.15) is 27.0 Å². The average Bonchev–Trinajstić information content (AvgIpc) is 2.74. The minimum atomic E-state index is -0.460. The van der Waals surface area contributed by atoms with Crippen LogP contribution in [0.2, 0.25) is 0 Å². The molecular formula is C23H20FN3O2. The molecule has 0 radical (unpaired) electrons. The maximum absolute atomic E-state index is 13.2. The summed E-state index contributed by atoms with van der Waals surface area (Å²) in [6.07, 6.45) is 4.80. The van der Waals surface area contributed by atoms with Crippen molar-refractivity contribution in [2.45, 2.75) is 13.5 Å². The molecule has 5 nitrogen and oxygen atoms in total. The standard InChI is InChI=1S/C23H20FN3O2/c1-16-4-8-19(9-5-16)22(28)27-21(13-17-6-10-20(24)11-7-17)23(29)26-15-18-3-2-12-25-14-18/h2-14H,15H2,1H3,(H,26,29)(H,27,28)/b21-13+. The highest BCUT2D eigenvalue weighted by atomic mass is 19.1. The first-order valence-electron chi connectivity index (χ1n) is 9.03. The van der Waals surface area contributed by atoms with Gasteiger partial charge in [-0.05, 0) is 54.5 Å². The fraction of sp³-hybridized carbons (Fsp3) is 0.0870. The molecule has 3 aromatic rings. The Morgan fingerprint density at radius 1 is 1.03 bits per heavy atom. The average molecular weight is 389 g/mol. The number of carbonyl (C=O) groups is 2. The van der Waals surface area contributed by atoms with Crippen molar-refractivity contribution >= 4 is 17.9 Å². The van der Waals surface area contributed by atoms with Gasteiger partial charge in [0.25, 0.3) is 11.8 Å². The van der Waals surface area contributed by atoms with Gasteiger partial charge in [-0.1, -0.05) is 35.9 Å². The van der Waals surface area contributed by atoms with E-state index in [0.29, 0.717) is 11.1 Å².